The lowest BCUT2D eigenvalue weighted by Crippen LogP contribution is -2.03. The van der Waals surface area contributed by atoms with Gasteiger partial charge in [-0.3, -0.25) is 0 Å². The topological polar surface area (TPSA) is 35.8 Å². The van der Waals surface area contributed by atoms with Gasteiger partial charge in [0.15, 0.2) is 11.6 Å². The molecule has 19 heavy (non-hydrogen) atoms. The van der Waals surface area contributed by atoms with E-state index in [1.807, 2.05) is 24.3 Å². The van der Waals surface area contributed by atoms with Gasteiger partial charge in [-0.25, -0.2) is 8.78 Å². The molecule has 0 aliphatic rings. The molecule has 0 aromatic heterocycles. The SMILES string of the molecule is N#Cc1ccc(NCc2ccc(Br)cc2)c(F)c1F. The monoisotopic (exact) mass is 322 g/mol. The van der Waals surface area contributed by atoms with Gasteiger partial charge in [0.05, 0.1) is 11.3 Å². The van der Waals surface area contributed by atoms with E-state index in [0.717, 1.165) is 10.0 Å². The molecule has 0 atom stereocenters. The van der Waals surface area contributed by atoms with Crippen molar-refractivity contribution in [2.45, 2.75) is 6.54 Å². The Bertz CT molecular complexity index is 633. The number of rotatable bonds is 3. The summed E-state index contributed by atoms with van der Waals surface area (Å²) >= 11 is 3.32. The third-order valence-corrected chi connectivity index (χ3v) is 3.13. The summed E-state index contributed by atoms with van der Waals surface area (Å²) in [5.74, 6) is -2.15. The molecule has 0 saturated carbocycles. The Balaban J connectivity index is 2.14. The van der Waals surface area contributed by atoms with Gasteiger partial charge in [0.25, 0.3) is 0 Å². The molecule has 0 radical (unpaired) electrons. The second-order valence-corrected chi connectivity index (χ2v) is 4.80. The van der Waals surface area contributed by atoms with Crippen LogP contribution < -0.4 is 5.32 Å². The third kappa shape index (κ3) is 3.09. The van der Waals surface area contributed by atoms with E-state index in [1.165, 1.54) is 12.1 Å². The van der Waals surface area contributed by atoms with Crippen LogP contribution in [0, 0.1) is 23.0 Å². The maximum Gasteiger partial charge on any atom is 0.183 e. The van der Waals surface area contributed by atoms with Gasteiger partial charge in [-0.15, -0.1) is 0 Å². The zero-order chi connectivity index (χ0) is 13.8. The van der Waals surface area contributed by atoms with Crippen molar-refractivity contribution in [2.24, 2.45) is 0 Å². The highest BCUT2D eigenvalue weighted by atomic mass is 79.9. The molecular formula is C14H9BrF2N2. The van der Waals surface area contributed by atoms with E-state index in [0.29, 0.717) is 6.54 Å². The molecule has 2 rings (SSSR count). The van der Waals surface area contributed by atoms with E-state index in [1.54, 1.807) is 6.07 Å². The average molecular weight is 323 g/mol. The van der Waals surface area contributed by atoms with Crippen molar-refractivity contribution in [3.05, 3.63) is 63.6 Å². The van der Waals surface area contributed by atoms with E-state index in [4.69, 9.17) is 5.26 Å². The summed E-state index contributed by atoms with van der Waals surface area (Å²) in [7, 11) is 0. The van der Waals surface area contributed by atoms with Gasteiger partial charge in [0.2, 0.25) is 0 Å². The molecule has 5 heteroatoms. The number of hydrogen-bond acceptors (Lipinski definition) is 2. The van der Waals surface area contributed by atoms with Crippen molar-refractivity contribution in [2.75, 3.05) is 5.32 Å². The first-order chi connectivity index (χ1) is 9.11. The molecule has 0 amide bonds. The van der Waals surface area contributed by atoms with E-state index in [-0.39, 0.29) is 11.3 Å². The molecule has 0 fully saturated rings. The zero-order valence-electron chi connectivity index (χ0n) is 9.75. The van der Waals surface area contributed by atoms with Crippen molar-refractivity contribution < 1.29 is 8.78 Å². The van der Waals surface area contributed by atoms with Crippen molar-refractivity contribution >= 4 is 21.6 Å². The summed E-state index contributed by atoms with van der Waals surface area (Å²) < 4.78 is 28.0. The van der Waals surface area contributed by atoms with Crippen molar-refractivity contribution in [3.8, 4) is 6.07 Å². The number of nitrogens with one attached hydrogen (secondary N) is 1. The molecular weight excluding hydrogens is 314 g/mol. The summed E-state index contributed by atoms with van der Waals surface area (Å²) in [6.07, 6.45) is 0. The minimum atomic E-state index is -1.12. The molecule has 0 spiro atoms. The van der Waals surface area contributed by atoms with Crippen molar-refractivity contribution in [1.29, 1.82) is 5.26 Å². The van der Waals surface area contributed by atoms with E-state index in [2.05, 4.69) is 21.2 Å². The quantitative estimate of drug-likeness (QED) is 0.918. The summed E-state index contributed by atoms with van der Waals surface area (Å²) in [4.78, 5) is 0. The number of halogens is 3. The van der Waals surface area contributed by atoms with Gasteiger partial charge in [-0.05, 0) is 29.8 Å². The minimum absolute atomic E-state index is 0.0411. The molecule has 96 valence electrons. The highest BCUT2D eigenvalue weighted by Gasteiger charge is 2.12. The van der Waals surface area contributed by atoms with Crippen LogP contribution in [0.2, 0.25) is 0 Å². The summed E-state index contributed by atoms with van der Waals surface area (Å²) in [5, 5.41) is 11.4. The van der Waals surface area contributed by atoms with Crippen molar-refractivity contribution in [3.63, 3.8) is 0 Å². The van der Waals surface area contributed by atoms with Crippen LogP contribution in [-0.2, 0) is 6.54 Å². The smallest absolute Gasteiger partial charge is 0.183 e. The van der Waals surface area contributed by atoms with Crippen LogP contribution in [0.3, 0.4) is 0 Å². The first-order valence-corrected chi connectivity index (χ1v) is 6.27. The van der Waals surface area contributed by atoms with E-state index >= 15 is 0 Å². The summed E-state index contributed by atoms with van der Waals surface area (Å²) in [6, 6.07) is 11.7. The Morgan fingerprint density at radius 2 is 1.74 bits per heavy atom. The standard InChI is InChI=1S/C14H9BrF2N2/c15-11-4-1-9(2-5-11)8-19-12-6-3-10(7-18)13(16)14(12)17/h1-6,19H,8H2. The van der Waals surface area contributed by atoms with Crippen LogP contribution in [0.4, 0.5) is 14.5 Å². The number of benzene rings is 2. The van der Waals surface area contributed by atoms with Crippen molar-refractivity contribution in [1.82, 2.24) is 0 Å². The minimum Gasteiger partial charge on any atom is -0.379 e. The number of anilines is 1. The van der Waals surface area contributed by atoms with Crippen LogP contribution >= 0.6 is 15.9 Å². The molecule has 1 N–H and O–H groups in total. The van der Waals surface area contributed by atoms with E-state index in [9.17, 15) is 8.78 Å². The molecule has 0 saturated heterocycles. The first kappa shape index (κ1) is 13.5. The zero-order valence-corrected chi connectivity index (χ0v) is 11.3. The van der Waals surface area contributed by atoms with Gasteiger partial charge < -0.3 is 5.32 Å². The molecule has 2 aromatic carbocycles. The maximum absolute atomic E-state index is 13.6. The predicted octanol–water partition coefficient (Wildman–Crippen LogP) is 4.21. The summed E-state index contributed by atoms with van der Waals surface area (Å²) in [6.45, 7) is 0.371. The Kier molecular flexibility index (Phi) is 4.13. The molecule has 0 unspecified atom stereocenters. The van der Waals surface area contributed by atoms with Gasteiger partial charge in [0.1, 0.15) is 6.07 Å². The Labute approximate surface area is 117 Å². The molecule has 2 aromatic rings. The second-order valence-electron chi connectivity index (χ2n) is 3.88. The molecule has 0 bridgehead atoms. The van der Waals surface area contributed by atoms with Gasteiger partial charge >= 0.3 is 0 Å². The molecule has 0 aliphatic heterocycles. The van der Waals surface area contributed by atoms with Crippen LogP contribution in [0.1, 0.15) is 11.1 Å². The Morgan fingerprint density at radius 3 is 2.37 bits per heavy atom. The fourth-order valence-electron chi connectivity index (χ4n) is 1.57. The fourth-order valence-corrected chi connectivity index (χ4v) is 1.84. The second kappa shape index (κ2) is 5.81. The largest absolute Gasteiger partial charge is 0.379 e. The lowest BCUT2D eigenvalue weighted by atomic mass is 10.2. The van der Waals surface area contributed by atoms with Gasteiger partial charge in [-0.2, -0.15) is 5.26 Å². The first-order valence-electron chi connectivity index (χ1n) is 5.48. The van der Waals surface area contributed by atoms with Gasteiger partial charge in [-0.1, -0.05) is 28.1 Å². The lowest BCUT2D eigenvalue weighted by Gasteiger charge is -2.08. The van der Waals surface area contributed by atoms with Gasteiger partial charge in [0, 0.05) is 11.0 Å². The number of nitriles is 1. The molecule has 0 heterocycles. The normalized spacial score (nSPS) is 10.0. The van der Waals surface area contributed by atoms with Crippen LogP contribution in [0.25, 0.3) is 0 Å². The highest BCUT2D eigenvalue weighted by Crippen LogP contribution is 2.21. The number of hydrogen-bond donors (Lipinski definition) is 1. The summed E-state index contributed by atoms with van der Waals surface area (Å²) in [5.41, 5.74) is 0.679. The third-order valence-electron chi connectivity index (χ3n) is 2.60. The maximum atomic E-state index is 13.6. The van der Waals surface area contributed by atoms with Crippen LogP contribution in [0.15, 0.2) is 40.9 Å². The molecule has 0 aliphatic carbocycles. The van der Waals surface area contributed by atoms with Crippen LogP contribution in [-0.4, -0.2) is 0 Å². The average Bonchev–Trinajstić information content (AvgIpc) is 2.42. The highest BCUT2D eigenvalue weighted by molar-refractivity contribution is 9.10. The van der Waals surface area contributed by atoms with Crippen LogP contribution in [0.5, 0.6) is 0 Å². The number of nitrogens with zero attached hydrogens (tertiary/aromatic N) is 1. The Morgan fingerprint density at radius 1 is 1.05 bits per heavy atom. The molecule has 2 nitrogen and oxygen atoms in total. The Hall–Kier alpha value is -1.93. The lowest BCUT2D eigenvalue weighted by molar-refractivity contribution is 0.508. The predicted molar refractivity (Wildman–Crippen MR) is 72.5 cm³/mol. The van der Waals surface area contributed by atoms with E-state index < -0.39 is 11.6 Å². The fraction of sp³-hybridized carbons (Fsp3) is 0.0714.